The van der Waals surface area contributed by atoms with Gasteiger partial charge < -0.3 is 9.84 Å². The van der Waals surface area contributed by atoms with E-state index in [4.69, 9.17) is 4.52 Å². The second-order valence-corrected chi connectivity index (χ2v) is 5.53. The fourth-order valence-corrected chi connectivity index (χ4v) is 3.13. The molecular formula is C15H17N3O. The molecule has 0 amide bonds. The Labute approximate surface area is 112 Å². The van der Waals surface area contributed by atoms with Crippen molar-refractivity contribution < 1.29 is 4.52 Å². The third-order valence-electron chi connectivity index (χ3n) is 4.25. The number of benzene rings is 1. The van der Waals surface area contributed by atoms with Crippen molar-refractivity contribution in [1.29, 1.82) is 0 Å². The minimum atomic E-state index is 0.508. The highest BCUT2D eigenvalue weighted by molar-refractivity contribution is 5.56. The molecule has 4 rings (SSSR count). The molecule has 1 aliphatic carbocycles. The second-order valence-electron chi connectivity index (χ2n) is 5.53. The Balaban J connectivity index is 1.65. The standard InChI is InChI=1S/C15H17N3O/c1-2-4-10(3-1)14-17-15(19-18-14)11-5-6-12-8-16-9-13(12)7-11/h5-7,10,16H,1-4,8-9H2. The van der Waals surface area contributed by atoms with E-state index in [0.29, 0.717) is 11.8 Å². The van der Waals surface area contributed by atoms with Crippen molar-refractivity contribution in [2.75, 3.05) is 0 Å². The molecule has 1 aliphatic heterocycles. The summed E-state index contributed by atoms with van der Waals surface area (Å²) in [7, 11) is 0. The minimum absolute atomic E-state index is 0.508. The summed E-state index contributed by atoms with van der Waals surface area (Å²) in [5.74, 6) is 2.07. The van der Waals surface area contributed by atoms with Gasteiger partial charge in [-0.15, -0.1) is 0 Å². The highest BCUT2D eigenvalue weighted by Crippen LogP contribution is 2.33. The van der Waals surface area contributed by atoms with E-state index in [1.165, 1.54) is 36.8 Å². The van der Waals surface area contributed by atoms with E-state index in [9.17, 15) is 0 Å². The summed E-state index contributed by atoms with van der Waals surface area (Å²) < 4.78 is 5.44. The van der Waals surface area contributed by atoms with Gasteiger partial charge in [0.15, 0.2) is 5.82 Å². The highest BCUT2D eigenvalue weighted by Gasteiger charge is 2.23. The molecule has 1 aromatic heterocycles. The van der Waals surface area contributed by atoms with Crippen molar-refractivity contribution in [3.63, 3.8) is 0 Å². The summed E-state index contributed by atoms with van der Waals surface area (Å²) in [6, 6.07) is 6.41. The van der Waals surface area contributed by atoms with Crippen LogP contribution >= 0.6 is 0 Å². The largest absolute Gasteiger partial charge is 0.334 e. The van der Waals surface area contributed by atoms with E-state index >= 15 is 0 Å². The van der Waals surface area contributed by atoms with Gasteiger partial charge in [0.25, 0.3) is 5.89 Å². The molecule has 98 valence electrons. The van der Waals surface area contributed by atoms with Gasteiger partial charge in [0.2, 0.25) is 0 Å². The Bertz CT molecular complexity index is 599. The molecule has 19 heavy (non-hydrogen) atoms. The van der Waals surface area contributed by atoms with E-state index in [1.54, 1.807) is 0 Å². The predicted octanol–water partition coefficient (Wildman–Crippen LogP) is 3.00. The fourth-order valence-electron chi connectivity index (χ4n) is 3.13. The summed E-state index contributed by atoms with van der Waals surface area (Å²) in [6.45, 7) is 1.90. The van der Waals surface area contributed by atoms with Crippen LogP contribution in [0.5, 0.6) is 0 Å². The molecule has 1 saturated carbocycles. The van der Waals surface area contributed by atoms with Crippen molar-refractivity contribution in [3.8, 4) is 11.5 Å². The average Bonchev–Trinajstić information content (AvgIpc) is 3.18. The molecule has 1 fully saturated rings. The van der Waals surface area contributed by atoms with Gasteiger partial charge in [-0.2, -0.15) is 4.98 Å². The Morgan fingerprint density at radius 3 is 2.84 bits per heavy atom. The number of nitrogens with zero attached hydrogens (tertiary/aromatic N) is 2. The minimum Gasteiger partial charge on any atom is -0.334 e. The summed E-state index contributed by atoms with van der Waals surface area (Å²) >= 11 is 0. The molecule has 4 nitrogen and oxygen atoms in total. The van der Waals surface area contributed by atoms with Gasteiger partial charge in [-0.1, -0.05) is 24.1 Å². The molecular weight excluding hydrogens is 238 g/mol. The lowest BCUT2D eigenvalue weighted by Crippen LogP contribution is -1.99. The normalized spacial score (nSPS) is 18.9. The number of nitrogens with one attached hydrogen (secondary N) is 1. The number of fused-ring (bicyclic) bond motifs is 1. The Morgan fingerprint density at radius 1 is 1.11 bits per heavy atom. The second kappa shape index (κ2) is 4.46. The van der Waals surface area contributed by atoms with Crippen LogP contribution in [0.4, 0.5) is 0 Å². The molecule has 1 aromatic carbocycles. The van der Waals surface area contributed by atoms with Crippen molar-refractivity contribution in [3.05, 3.63) is 35.2 Å². The van der Waals surface area contributed by atoms with E-state index in [-0.39, 0.29) is 0 Å². The summed E-state index contributed by atoms with van der Waals surface area (Å²) in [4.78, 5) is 4.59. The van der Waals surface area contributed by atoms with Gasteiger partial charge >= 0.3 is 0 Å². The van der Waals surface area contributed by atoms with E-state index in [2.05, 4.69) is 33.7 Å². The van der Waals surface area contributed by atoms with Gasteiger partial charge in [-0.05, 0) is 36.1 Å². The van der Waals surface area contributed by atoms with E-state index < -0.39 is 0 Å². The zero-order valence-corrected chi connectivity index (χ0v) is 10.9. The number of hydrogen-bond donors (Lipinski definition) is 1. The number of rotatable bonds is 2. The first-order chi connectivity index (χ1) is 9.40. The van der Waals surface area contributed by atoms with Gasteiger partial charge in [-0.3, -0.25) is 0 Å². The van der Waals surface area contributed by atoms with Crippen LogP contribution in [0.15, 0.2) is 22.7 Å². The van der Waals surface area contributed by atoms with E-state index in [0.717, 1.165) is 24.5 Å². The monoisotopic (exact) mass is 255 g/mol. The van der Waals surface area contributed by atoms with Gasteiger partial charge in [0.05, 0.1) is 0 Å². The van der Waals surface area contributed by atoms with Crippen LogP contribution < -0.4 is 5.32 Å². The highest BCUT2D eigenvalue weighted by atomic mass is 16.5. The predicted molar refractivity (Wildman–Crippen MR) is 71.5 cm³/mol. The zero-order valence-electron chi connectivity index (χ0n) is 10.9. The lowest BCUT2D eigenvalue weighted by atomic mass is 10.1. The molecule has 1 N–H and O–H groups in total. The first-order valence-electron chi connectivity index (χ1n) is 7.06. The quantitative estimate of drug-likeness (QED) is 0.896. The SMILES string of the molecule is c1cc2c(cc1-c1nc(C3CCCC3)no1)CNC2. The van der Waals surface area contributed by atoms with Crippen molar-refractivity contribution in [2.45, 2.75) is 44.7 Å². The Hall–Kier alpha value is -1.68. The van der Waals surface area contributed by atoms with Gasteiger partial charge in [0, 0.05) is 24.6 Å². The van der Waals surface area contributed by atoms with Gasteiger partial charge in [0.1, 0.15) is 0 Å². The summed E-state index contributed by atoms with van der Waals surface area (Å²) in [5.41, 5.74) is 3.76. The molecule has 2 aromatic rings. The molecule has 0 radical (unpaired) electrons. The molecule has 0 bridgehead atoms. The first kappa shape index (κ1) is 11.2. The molecule has 0 spiro atoms. The Morgan fingerprint density at radius 2 is 1.95 bits per heavy atom. The zero-order chi connectivity index (χ0) is 12.7. The molecule has 4 heteroatoms. The fraction of sp³-hybridized carbons (Fsp3) is 0.467. The maximum atomic E-state index is 5.44. The van der Waals surface area contributed by atoms with Crippen LogP contribution in [0.1, 0.15) is 48.6 Å². The first-order valence-corrected chi connectivity index (χ1v) is 7.06. The topological polar surface area (TPSA) is 51.0 Å². The van der Waals surface area contributed by atoms with Crippen LogP contribution in [0.3, 0.4) is 0 Å². The van der Waals surface area contributed by atoms with Crippen molar-refractivity contribution in [1.82, 2.24) is 15.5 Å². The molecule has 0 saturated heterocycles. The molecule has 2 heterocycles. The molecule has 0 unspecified atom stereocenters. The number of aromatic nitrogens is 2. The molecule has 0 atom stereocenters. The third kappa shape index (κ3) is 1.96. The van der Waals surface area contributed by atoms with Crippen molar-refractivity contribution in [2.24, 2.45) is 0 Å². The third-order valence-corrected chi connectivity index (χ3v) is 4.25. The number of hydrogen-bond acceptors (Lipinski definition) is 4. The lowest BCUT2D eigenvalue weighted by molar-refractivity contribution is 0.416. The summed E-state index contributed by atoms with van der Waals surface area (Å²) in [6.07, 6.45) is 4.98. The van der Waals surface area contributed by atoms with Crippen LogP contribution in [0.25, 0.3) is 11.5 Å². The lowest BCUT2D eigenvalue weighted by Gasteiger charge is -2.00. The van der Waals surface area contributed by atoms with Crippen LogP contribution in [0.2, 0.25) is 0 Å². The van der Waals surface area contributed by atoms with Crippen LogP contribution in [0, 0.1) is 0 Å². The van der Waals surface area contributed by atoms with Crippen LogP contribution in [-0.4, -0.2) is 10.1 Å². The maximum absolute atomic E-state index is 5.44. The summed E-state index contributed by atoms with van der Waals surface area (Å²) in [5, 5.41) is 7.52. The van der Waals surface area contributed by atoms with E-state index in [1.807, 2.05) is 0 Å². The van der Waals surface area contributed by atoms with Gasteiger partial charge in [-0.25, -0.2) is 0 Å². The smallest absolute Gasteiger partial charge is 0.257 e. The Kier molecular flexibility index (Phi) is 2.62. The van der Waals surface area contributed by atoms with Crippen LogP contribution in [-0.2, 0) is 13.1 Å². The average molecular weight is 255 g/mol. The maximum Gasteiger partial charge on any atom is 0.257 e. The van der Waals surface area contributed by atoms with Crippen molar-refractivity contribution >= 4 is 0 Å². The molecule has 2 aliphatic rings.